The van der Waals surface area contributed by atoms with E-state index in [4.69, 9.17) is 0 Å². The van der Waals surface area contributed by atoms with E-state index in [1.807, 2.05) is 23.1 Å². The molecule has 3 rings (SSSR count). The second-order valence-corrected chi connectivity index (χ2v) is 7.02. The molecule has 1 atom stereocenters. The molecule has 138 valence electrons. The number of aromatic nitrogens is 1. The molecule has 0 saturated carbocycles. The number of benzene rings is 1. The number of hydrogen-bond acceptors (Lipinski definition) is 3. The smallest absolute Gasteiger partial charge is 0.258 e. The number of nitrogens with zero attached hydrogens (tertiary/aromatic N) is 2. The lowest BCUT2D eigenvalue weighted by Crippen LogP contribution is -2.41. The number of pyridine rings is 1. The molecule has 6 nitrogen and oxygen atoms in total. The summed E-state index contributed by atoms with van der Waals surface area (Å²) in [6, 6.07) is 9.13. The van der Waals surface area contributed by atoms with Gasteiger partial charge in [-0.25, -0.2) is 0 Å². The standard InChI is InChI=1S/C20H25N3O3/c1-15-5-4-11-22(13-15)19(25)8-10-21-18(24)14-23-12-9-16-6-2-3-7-17(16)20(23)26/h2-3,6-7,9,12,15H,4-5,8,10-11,13-14H2,1H3,(H,21,24). The summed E-state index contributed by atoms with van der Waals surface area (Å²) in [5, 5.41) is 4.19. The maximum Gasteiger partial charge on any atom is 0.258 e. The molecule has 1 aromatic heterocycles. The lowest BCUT2D eigenvalue weighted by Gasteiger charge is -2.31. The molecule has 6 heteroatoms. The van der Waals surface area contributed by atoms with Crippen molar-refractivity contribution < 1.29 is 9.59 Å². The molecule has 0 aliphatic carbocycles. The molecule has 2 heterocycles. The van der Waals surface area contributed by atoms with Crippen LogP contribution in [-0.4, -0.2) is 40.9 Å². The maximum absolute atomic E-state index is 12.4. The third-order valence-electron chi connectivity index (χ3n) is 4.87. The Kier molecular flexibility index (Phi) is 5.71. The summed E-state index contributed by atoms with van der Waals surface area (Å²) in [7, 11) is 0. The molecule has 0 radical (unpaired) electrons. The number of hydrogen-bond donors (Lipinski definition) is 1. The summed E-state index contributed by atoms with van der Waals surface area (Å²) in [5.74, 6) is 0.365. The molecule has 2 amide bonds. The van der Waals surface area contributed by atoms with Gasteiger partial charge in [-0.15, -0.1) is 0 Å². The number of piperidine rings is 1. The van der Waals surface area contributed by atoms with Crippen molar-refractivity contribution in [2.24, 2.45) is 5.92 Å². The monoisotopic (exact) mass is 355 g/mol. The van der Waals surface area contributed by atoms with Gasteiger partial charge in [-0.1, -0.05) is 25.1 Å². The van der Waals surface area contributed by atoms with Crippen molar-refractivity contribution in [1.29, 1.82) is 0 Å². The molecule has 26 heavy (non-hydrogen) atoms. The molecule has 1 saturated heterocycles. The maximum atomic E-state index is 12.4. The van der Waals surface area contributed by atoms with Crippen LogP contribution in [0.15, 0.2) is 41.3 Å². The van der Waals surface area contributed by atoms with Gasteiger partial charge >= 0.3 is 0 Å². The summed E-state index contributed by atoms with van der Waals surface area (Å²) in [5.41, 5.74) is -0.184. The summed E-state index contributed by atoms with van der Waals surface area (Å²) in [4.78, 5) is 38.6. The van der Waals surface area contributed by atoms with Crippen LogP contribution in [0.4, 0.5) is 0 Å². The number of carbonyl (C=O) groups excluding carboxylic acids is 2. The first kappa shape index (κ1) is 18.2. The molecule has 2 aromatic rings. The van der Waals surface area contributed by atoms with Crippen molar-refractivity contribution in [3.63, 3.8) is 0 Å². The van der Waals surface area contributed by atoms with E-state index in [2.05, 4.69) is 12.2 Å². The first-order valence-corrected chi connectivity index (χ1v) is 9.17. The molecule has 1 aromatic carbocycles. The number of amides is 2. The van der Waals surface area contributed by atoms with Crippen LogP contribution >= 0.6 is 0 Å². The normalized spacial score (nSPS) is 17.3. The van der Waals surface area contributed by atoms with Crippen LogP contribution in [0.1, 0.15) is 26.2 Å². The summed E-state index contributed by atoms with van der Waals surface area (Å²) < 4.78 is 1.39. The quantitative estimate of drug-likeness (QED) is 0.888. The summed E-state index contributed by atoms with van der Waals surface area (Å²) >= 11 is 0. The Morgan fingerprint density at radius 2 is 2.04 bits per heavy atom. The first-order valence-electron chi connectivity index (χ1n) is 9.17. The highest BCUT2D eigenvalue weighted by Crippen LogP contribution is 2.15. The fourth-order valence-corrected chi connectivity index (χ4v) is 3.45. The first-order chi connectivity index (χ1) is 12.5. The van der Waals surface area contributed by atoms with Crippen LogP contribution in [-0.2, 0) is 16.1 Å². The molecule has 1 aliphatic heterocycles. The molecule has 1 unspecified atom stereocenters. The Hall–Kier alpha value is -2.63. The number of rotatable bonds is 5. The average Bonchev–Trinajstić information content (AvgIpc) is 2.64. The van der Waals surface area contributed by atoms with Crippen LogP contribution in [0, 0.1) is 5.92 Å². The van der Waals surface area contributed by atoms with Crippen molar-refractivity contribution in [3.05, 3.63) is 46.9 Å². The Labute approximate surface area is 152 Å². The van der Waals surface area contributed by atoms with E-state index in [0.29, 0.717) is 24.3 Å². The van der Waals surface area contributed by atoms with Gasteiger partial charge < -0.3 is 14.8 Å². The minimum atomic E-state index is -0.262. The molecule has 1 N–H and O–H groups in total. The highest BCUT2D eigenvalue weighted by molar-refractivity contribution is 5.82. The van der Waals surface area contributed by atoms with Crippen molar-refractivity contribution in [2.45, 2.75) is 32.7 Å². The lowest BCUT2D eigenvalue weighted by molar-refractivity contribution is -0.132. The molecule has 1 fully saturated rings. The van der Waals surface area contributed by atoms with Crippen LogP contribution in [0.25, 0.3) is 10.8 Å². The van der Waals surface area contributed by atoms with Gasteiger partial charge in [0.25, 0.3) is 5.56 Å². The molecule has 1 aliphatic rings. The highest BCUT2D eigenvalue weighted by atomic mass is 16.2. The number of fused-ring (bicyclic) bond motifs is 1. The van der Waals surface area contributed by atoms with Crippen LogP contribution in [0.2, 0.25) is 0 Å². The van der Waals surface area contributed by atoms with Gasteiger partial charge in [-0.2, -0.15) is 0 Å². The Morgan fingerprint density at radius 1 is 1.23 bits per heavy atom. The van der Waals surface area contributed by atoms with Gasteiger partial charge in [-0.05, 0) is 36.3 Å². The molecular weight excluding hydrogens is 330 g/mol. The van der Waals surface area contributed by atoms with E-state index in [1.54, 1.807) is 18.3 Å². The lowest BCUT2D eigenvalue weighted by atomic mass is 10.00. The van der Waals surface area contributed by atoms with E-state index in [9.17, 15) is 14.4 Å². The predicted octanol–water partition coefficient (Wildman–Crippen LogP) is 1.77. The number of likely N-dealkylation sites (tertiary alicyclic amines) is 1. The van der Waals surface area contributed by atoms with Gasteiger partial charge in [0.05, 0.1) is 0 Å². The van der Waals surface area contributed by atoms with Crippen LogP contribution in [0.5, 0.6) is 0 Å². The fraction of sp³-hybridized carbons (Fsp3) is 0.450. The zero-order valence-electron chi connectivity index (χ0n) is 15.1. The van der Waals surface area contributed by atoms with Gasteiger partial charge in [0.2, 0.25) is 11.8 Å². The zero-order chi connectivity index (χ0) is 18.5. The van der Waals surface area contributed by atoms with E-state index in [0.717, 1.165) is 24.9 Å². The van der Waals surface area contributed by atoms with Gasteiger partial charge in [-0.3, -0.25) is 14.4 Å². The number of carbonyl (C=O) groups is 2. The Balaban J connectivity index is 1.51. The molecular formula is C20H25N3O3. The molecule has 0 spiro atoms. The summed E-state index contributed by atoms with van der Waals surface area (Å²) in [6.45, 7) is 4.02. The predicted molar refractivity (Wildman–Crippen MR) is 101 cm³/mol. The molecule has 0 bridgehead atoms. The topological polar surface area (TPSA) is 71.4 Å². The minimum absolute atomic E-state index is 0.0430. The van der Waals surface area contributed by atoms with Crippen molar-refractivity contribution >= 4 is 22.6 Å². The highest BCUT2D eigenvalue weighted by Gasteiger charge is 2.20. The average molecular weight is 355 g/mol. The van der Waals surface area contributed by atoms with Crippen molar-refractivity contribution in [2.75, 3.05) is 19.6 Å². The van der Waals surface area contributed by atoms with E-state index < -0.39 is 0 Å². The van der Waals surface area contributed by atoms with E-state index >= 15 is 0 Å². The van der Waals surface area contributed by atoms with Crippen LogP contribution < -0.4 is 10.9 Å². The third-order valence-corrected chi connectivity index (χ3v) is 4.87. The van der Waals surface area contributed by atoms with Crippen molar-refractivity contribution in [3.8, 4) is 0 Å². The Bertz CT molecular complexity index is 859. The second-order valence-electron chi connectivity index (χ2n) is 7.02. The number of nitrogens with one attached hydrogen (secondary N) is 1. The Morgan fingerprint density at radius 3 is 2.85 bits per heavy atom. The second kappa shape index (κ2) is 8.17. The van der Waals surface area contributed by atoms with Gasteiger partial charge in [0.1, 0.15) is 6.54 Å². The SMILES string of the molecule is CC1CCCN(C(=O)CCNC(=O)Cn2ccc3ccccc3c2=O)C1. The fourth-order valence-electron chi connectivity index (χ4n) is 3.45. The van der Waals surface area contributed by atoms with E-state index in [1.165, 1.54) is 11.0 Å². The van der Waals surface area contributed by atoms with Crippen LogP contribution in [0.3, 0.4) is 0 Å². The largest absolute Gasteiger partial charge is 0.354 e. The third kappa shape index (κ3) is 4.31. The van der Waals surface area contributed by atoms with Crippen molar-refractivity contribution in [1.82, 2.24) is 14.8 Å². The van der Waals surface area contributed by atoms with E-state index in [-0.39, 0.29) is 23.9 Å². The minimum Gasteiger partial charge on any atom is -0.354 e. The zero-order valence-corrected chi connectivity index (χ0v) is 15.1. The van der Waals surface area contributed by atoms with Gasteiger partial charge in [0.15, 0.2) is 0 Å². The summed E-state index contributed by atoms with van der Waals surface area (Å²) in [6.07, 6.45) is 4.14. The van der Waals surface area contributed by atoms with Gasteiger partial charge in [0, 0.05) is 37.6 Å².